The highest BCUT2D eigenvalue weighted by atomic mass is 16.5. The summed E-state index contributed by atoms with van der Waals surface area (Å²) >= 11 is 0. The second-order valence-electron chi connectivity index (χ2n) is 4.73. The lowest BCUT2D eigenvalue weighted by Crippen LogP contribution is -2.00. The van der Waals surface area contributed by atoms with E-state index in [1.807, 2.05) is 36.5 Å². The molecule has 104 valence electrons. The summed E-state index contributed by atoms with van der Waals surface area (Å²) in [4.78, 5) is 3.18. The van der Waals surface area contributed by atoms with Crippen LogP contribution in [0.1, 0.15) is 5.56 Å². The second kappa shape index (κ2) is 6.02. The Bertz CT molecular complexity index is 786. The van der Waals surface area contributed by atoms with Gasteiger partial charge >= 0.3 is 0 Å². The van der Waals surface area contributed by atoms with Crippen molar-refractivity contribution in [3.05, 3.63) is 60.3 Å². The molecule has 1 heterocycles. The van der Waals surface area contributed by atoms with Crippen molar-refractivity contribution in [3.8, 4) is 11.8 Å². The molecule has 3 rings (SSSR count). The van der Waals surface area contributed by atoms with Gasteiger partial charge in [-0.3, -0.25) is 0 Å². The van der Waals surface area contributed by atoms with Crippen molar-refractivity contribution >= 4 is 16.6 Å². The summed E-state index contributed by atoms with van der Waals surface area (Å²) in [6, 6.07) is 18.0. The smallest absolute Gasteiger partial charge is 0.174 e. The Morgan fingerprint density at radius 2 is 2.10 bits per heavy atom. The van der Waals surface area contributed by atoms with E-state index in [4.69, 9.17) is 10.00 Å². The van der Waals surface area contributed by atoms with Gasteiger partial charge in [0.2, 0.25) is 0 Å². The quantitative estimate of drug-likeness (QED) is 0.747. The number of hydrogen-bond donors (Lipinski definition) is 2. The molecule has 4 nitrogen and oxygen atoms in total. The lowest BCUT2D eigenvalue weighted by molar-refractivity contribution is 0.368. The molecular formula is C17H15N3O. The molecule has 0 radical (unpaired) electrons. The van der Waals surface area contributed by atoms with Gasteiger partial charge in [0.15, 0.2) is 6.61 Å². The van der Waals surface area contributed by atoms with Crippen molar-refractivity contribution in [2.75, 3.05) is 11.9 Å². The Hall–Kier alpha value is -2.93. The van der Waals surface area contributed by atoms with Crippen LogP contribution in [0.15, 0.2) is 54.7 Å². The van der Waals surface area contributed by atoms with Gasteiger partial charge in [0.05, 0.1) is 0 Å². The van der Waals surface area contributed by atoms with Crippen LogP contribution in [0, 0.1) is 11.3 Å². The number of rotatable bonds is 5. The molecule has 1 aromatic heterocycles. The predicted octanol–water partition coefficient (Wildman–Crippen LogP) is 3.68. The van der Waals surface area contributed by atoms with Gasteiger partial charge in [-0.05, 0) is 41.3 Å². The topological polar surface area (TPSA) is 60.8 Å². The molecule has 21 heavy (non-hydrogen) atoms. The molecule has 0 saturated carbocycles. The first kappa shape index (κ1) is 13.1. The van der Waals surface area contributed by atoms with Crippen molar-refractivity contribution < 1.29 is 4.74 Å². The summed E-state index contributed by atoms with van der Waals surface area (Å²) in [6.07, 6.45) is 1.94. The fourth-order valence-corrected chi connectivity index (χ4v) is 2.23. The molecule has 0 saturated heterocycles. The minimum absolute atomic E-state index is 0.0631. The fourth-order valence-electron chi connectivity index (χ4n) is 2.23. The van der Waals surface area contributed by atoms with Gasteiger partial charge < -0.3 is 15.0 Å². The Kier molecular flexibility index (Phi) is 3.74. The number of nitriles is 1. The van der Waals surface area contributed by atoms with E-state index in [1.165, 1.54) is 10.9 Å². The van der Waals surface area contributed by atoms with Crippen molar-refractivity contribution in [2.45, 2.75) is 6.54 Å². The zero-order chi connectivity index (χ0) is 14.5. The summed E-state index contributed by atoms with van der Waals surface area (Å²) in [6.45, 7) is 0.802. The Morgan fingerprint density at radius 3 is 3.00 bits per heavy atom. The maximum Gasteiger partial charge on any atom is 0.174 e. The number of fused-ring (bicyclic) bond motifs is 1. The Balaban J connectivity index is 1.67. The van der Waals surface area contributed by atoms with Crippen LogP contribution in [-0.2, 0) is 6.54 Å². The average Bonchev–Trinajstić information content (AvgIpc) is 2.99. The molecule has 2 N–H and O–H groups in total. The number of aromatic nitrogens is 1. The number of hydrogen-bond acceptors (Lipinski definition) is 3. The van der Waals surface area contributed by atoms with Crippen LogP contribution in [-0.4, -0.2) is 11.6 Å². The molecule has 3 aromatic rings. The molecule has 0 spiro atoms. The first-order valence-electron chi connectivity index (χ1n) is 6.75. The van der Waals surface area contributed by atoms with E-state index in [0.717, 1.165) is 17.7 Å². The maximum atomic E-state index is 8.52. The van der Waals surface area contributed by atoms with Crippen molar-refractivity contribution in [2.24, 2.45) is 0 Å². The van der Waals surface area contributed by atoms with Crippen LogP contribution in [0.25, 0.3) is 10.9 Å². The number of anilines is 1. The summed E-state index contributed by atoms with van der Waals surface area (Å²) in [5, 5.41) is 13.1. The third-order valence-corrected chi connectivity index (χ3v) is 3.25. The Labute approximate surface area is 123 Å². The van der Waals surface area contributed by atoms with Crippen LogP contribution in [0.3, 0.4) is 0 Å². The minimum Gasteiger partial charge on any atom is -0.479 e. The third kappa shape index (κ3) is 3.15. The third-order valence-electron chi connectivity index (χ3n) is 3.25. The van der Waals surface area contributed by atoms with Crippen molar-refractivity contribution in [1.82, 2.24) is 4.98 Å². The number of H-pyrrole nitrogens is 1. The van der Waals surface area contributed by atoms with Crippen molar-refractivity contribution in [3.63, 3.8) is 0 Å². The molecule has 0 bridgehead atoms. The summed E-state index contributed by atoms with van der Waals surface area (Å²) in [7, 11) is 0. The zero-order valence-corrected chi connectivity index (χ0v) is 11.5. The van der Waals surface area contributed by atoms with E-state index in [-0.39, 0.29) is 6.61 Å². The minimum atomic E-state index is 0.0631. The molecule has 0 unspecified atom stereocenters. The van der Waals surface area contributed by atoms with Crippen LogP contribution in [0.2, 0.25) is 0 Å². The molecule has 4 heteroatoms. The number of ether oxygens (including phenoxy) is 1. The molecule has 0 atom stereocenters. The average molecular weight is 277 g/mol. The molecule has 0 amide bonds. The van der Waals surface area contributed by atoms with Crippen LogP contribution < -0.4 is 10.1 Å². The van der Waals surface area contributed by atoms with Crippen LogP contribution >= 0.6 is 0 Å². The first-order chi connectivity index (χ1) is 10.3. The molecule has 0 aliphatic rings. The number of benzene rings is 2. The molecule has 0 fully saturated rings. The van der Waals surface area contributed by atoms with E-state index in [1.54, 1.807) is 0 Å². The van der Waals surface area contributed by atoms with Gasteiger partial charge in [-0.15, -0.1) is 0 Å². The SMILES string of the molecule is N#CCOc1cccc(NCc2ccc3[nH]ccc3c2)c1. The van der Waals surface area contributed by atoms with Gasteiger partial charge in [-0.2, -0.15) is 5.26 Å². The lowest BCUT2D eigenvalue weighted by Gasteiger charge is -2.08. The van der Waals surface area contributed by atoms with Crippen LogP contribution in [0.5, 0.6) is 5.75 Å². The van der Waals surface area contributed by atoms with E-state index in [2.05, 4.69) is 34.6 Å². The van der Waals surface area contributed by atoms with Crippen LogP contribution in [0.4, 0.5) is 5.69 Å². The predicted molar refractivity (Wildman–Crippen MR) is 83.2 cm³/mol. The summed E-state index contributed by atoms with van der Waals surface area (Å²) < 4.78 is 5.29. The highest BCUT2D eigenvalue weighted by Crippen LogP contribution is 2.19. The molecule has 0 aliphatic heterocycles. The van der Waals surface area contributed by atoms with E-state index < -0.39 is 0 Å². The number of nitrogens with one attached hydrogen (secondary N) is 2. The maximum absolute atomic E-state index is 8.52. The lowest BCUT2D eigenvalue weighted by atomic mass is 10.1. The normalized spacial score (nSPS) is 10.2. The second-order valence-corrected chi connectivity index (χ2v) is 4.73. The fraction of sp³-hybridized carbons (Fsp3) is 0.118. The van der Waals surface area contributed by atoms with Crippen molar-refractivity contribution in [1.29, 1.82) is 5.26 Å². The molecule has 2 aromatic carbocycles. The first-order valence-corrected chi connectivity index (χ1v) is 6.75. The zero-order valence-electron chi connectivity index (χ0n) is 11.5. The highest BCUT2D eigenvalue weighted by Gasteiger charge is 1.99. The van der Waals surface area contributed by atoms with E-state index >= 15 is 0 Å². The Morgan fingerprint density at radius 1 is 1.14 bits per heavy atom. The molecule has 0 aliphatic carbocycles. The van der Waals surface area contributed by atoms with Gasteiger partial charge in [0.25, 0.3) is 0 Å². The molecular weight excluding hydrogens is 262 g/mol. The summed E-state index contributed by atoms with van der Waals surface area (Å²) in [5.74, 6) is 0.697. The highest BCUT2D eigenvalue weighted by molar-refractivity contribution is 5.79. The number of nitrogens with zero attached hydrogens (tertiary/aromatic N) is 1. The van der Waals surface area contributed by atoms with Gasteiger partial charge in [0, 0.05) is 30.0 Å². The van der Waals surface area contributed by atoms with Gasteiger partial charge in [0.1, 0.15) is 11.8 Å². The van der Waals surface area contributed by atoms with Gasteiger partial charge in [-0.25, -0.2) is 0 Å². The summed E-state index contributed by atoms with van der Waals surface area (Å²) in [5.41, 5.74) is 3.33. The number of aromatic amines is 1. The van der Waals surface area contributed by atoms with E-state index in [9.17, 15) is 0 Å². The largest absolute Gasteiger partial charge is 0.479 e. The standard InChI is InChI=1S/C17H15N3O/c18-7-9-21-16-3-1-2-15(11-16)20-12-13-4-5-17-14(10-13)6-8-19-17/h1-6,8,10-11,19-20H,9,12H2. The van der Waals surface area contributed by atoms with E-state index in [0.29, 0.717) is 5.75 Å². The monoisotopic (exact) mass is 277 g/mol. The van der Waals surface area contributed by atoms with Gasteiger partial charge in [-0.1, -0.05) is 12.1 Å².